The first-order valence-electron chi connectivity index (χ1n) is 20.0. The van der Waals surface area contributed by atoms with Crippen LogP contribution in [0.3, 0.4) is 0 Å². The van der Waals surface area contributed by atoms with Gasteiger partial charge in [-0.1, -0.05) is 99.7 Å². The van der Waals surface area contributed by atoms with Crippen molar-refractivity contribution in [3.63, 3.8) is 0 Å². The standard InChI is InChI=1S/C50H42N8S2/c1-31(2)39-19-17-37-41(23-25-51-49(37)57-39)55-43-27-33(15-21-47(43)59-35-11-7-5-8-12-35)45-29-54-46(30-53-45)34-16-22-48(60-36-13-9-6-10-14-36)44(28-34)56-42-24-26-52-50-38(42)18-20-40(58-50)32(3)4/h5-32H,1-4H3,(H,51,55,57)(H,52,56,58). The molecule has 60 heavy (non-hydrogen) atoms. The maximum Gasteiger partial charge on any atom is 0.161 e. The molecule has 5 heterocycles. The number of fused-ring (bicyclic) bond motifs is 2. The Hall–Kier alpha value is -6.62. The third-order valence-corrected chi connectivity index (χ3v) is 12.3. The normalized spacial score (nSPS) is 11.4. The second kappa shape index (κ2) is 17.3. The molecule has 8 nitrogen and oxygen atoms in total. The average molecular weight is 819 g/mol. The lowest BCUT2D eigenvalue weighted by Crippen LogP contribution is -1.99. The van der Waals surface area contributed by atoms with Gasteiger partial charge in [0.15, 0.2) is 11.3 Å². The Morgan fingerprint density at radius 1 is 0.433 bits per heavy atom. The topological polar surface area (TPSA) is 101 Å². The lowest BCUT2D eigenvalue weighted by atomic mass is 10.1. The van der Waals surface area contributed by atoms with Crippen LogP contribution in [0.15, 0.2) is 178 Å². The molecule has 0 aliphatic heterocycles. The second-order valence-electron chi connectivity index (χ2n) is 15.0. The Bertz CT molecular complexity index is 2740. The molecule has 294 valence electrons. The van der Waals surface area contributed by atoms with Crippen LogP contribution in [0.25, 0.3) is 44.6 Å². The van der Waals surface area contributed by atoms with Crippen molar-refractivity contribution in [2.75, 3.05) is 10.6 Å². The van der Waals surface area contributed by atoms with E-state index >= 15 is 0 Å². The Balaban J connectivity index is 1.05. The molecule has 0 bridgehead atoms. The summed E-state index contributed by atoms with van der Waals surface area (Å²) in [6.07, 6.45) is 7.33. The molecular weight excluding hydrogens is 777 g/mol. The van der Waals surface area contributed by atoms with Crippen LogP contribution in [-0.4, -0.2) is 29.9 Å². The fraction of sp³-hybridized carbons (Fsp3) is 0.120. The zero-order valence-electron chi connectivity index (χ0n) is 33.7. The van der Waals surface area contributed by atoms with E-state index in [0.29, 0.717) is 11.8 Å². The molecule has 0 fully saturated rings. The Morgan fingerprint density at radius 2 is 0.867 bits per heavy atom. The van der Waals surface area contributed by atoms with Crippen LogP contribution < -0.4 is 10.6 Å². The molecular formula is C50H42N8S2. The number of hydrogen-bond acceptors (Lipinski definition) is 10. The first-order chi connectivity index (χ1) is 29.3. The number of nitrogens with zero attached hydrogens (tertiary/aromatic N) is 6. The van der Waals surface area contributed by atoms with Crippen molar-refractivity contribution >= 4 is 68.3 Å². The first kappa shape index (κ1) is 38.9. The Kier molecular flexibility index (Phi) is 11.2. The number of hydrogen-bond donors (Lipinski definition) is 2. The van der Waals surface area contributed by atoms with Gasteiger partial charge in [-0.25, -0.2) is 19.9 Å². The summed E-state index contributed by atoms with van der Waals surface area (Å²) in [7, 11) is 0. The van der Waals surface area contributed by atoms with Crippen molar-refractivity contribution in [2.24, 2.45) is 0 Å². The van der Waals surface area contributed by atoms with E-state index in [1.54, 1.807) is 23.5 Å². The van der Waals surface area contributed by atoms with E-state index in [2.05, 4.69) is 157 Å². The van der Waals surface area contributed by atoms with Crippen molar-refractivity contribution in [3.05, 3.63) is 170 Å². The molecule has 0 radical (unpaired) electrons. The molecule has 9 rings (SSSR count). The van der Waals surface area contributed by atoms with Crippen LogP contribution in [0.4, 0.5) is 22.7 Å². The summed E-state index contributed by atoms with van der Waals surface area (Å²) in [6, 6.07) is 46.0. The molecule has 2 N–H and O–H groups in total. The maximum atomic E-state index is 4.97. The predicted molar refractivity (Wildman–Crippen MR) is 248 cm³/mol. The zero-order chi connectivity index (χ0) is 41.0. The summed E-state index contributed by atoms with van der Waals surface area (Å²) in [4.78, 5) is 33.3. The molecule has 9 aromatic rings. The highest BCUT2D eigenvalue weighted by molar-refractivity contribution is 7.99. The average Bonchev–Trinajstić information content (AvgIpc) is 3.28. The van der Waals surface area contributed by atoms with Gasteiger partial charge in [-0.05, 0) is 96.8 Å². The maximum absolute atomic E-state index is 4.97. The van der Waals surface area contributed by atoms with E-state index in [4.69, 9.17) is 19.9 Å². The lowest BCUT2D eigenvalue weighted by Gasteiger charge is -2.16. The summed E-state index contributed by atoms with van der Waals surface area (Å²) in [5.74, 6) is 0.623. The number of benzene rings is 4. The minimum atomic E-state index is 0.312. The number of rotatable bonds is 12. The van der Waals surface area contributed by atoms with Crippen molar-refractivity contribution in [2.45, 2.75) is 59.1 Å². The number of aromatic nitrogens is 6. The SMILES string of the molecule is CC(C)c1ccc2c(Nc3cc(-c4cnc(-c5ccc(Sc6ccccc6)c(Nc6ccnc7nc(C(C)C)ccc67)c5)cn4)ccc3Sc3ccccc3)ccnc2n1. The Labute approximate surface area is 358 Å². The van der Waals surface area contributed by atoms with Crippen molar-refractivity contribution in [1.29, 1.82) is 0 Å². The number of nitrogens with one attached hydrogen (secondary N) is 2. The largest absolute Gasteiger partial charge is 0.354 e. The molecule has 0 aliphatic carbocycles. The zero-order valence-corrected chi connectivity index (χ0v) is 35.3. The minimum absolute atomic E-state index is 0.312. The molecule has 0 saturated carbocycles. The van der Waals surface area contributed by atoms with Crippen molar-refractivity contribution in [1.82, 2.24) is 29.9 Å². The highest BCUT2D eigenvalue weighted by Gasteiger charge is 2.15. The molecule has 4 aromatic carbocycles. The smallest absolute Gasteiger partial charge is 0.161 e. The molecule has 5 aromatic heterocycles. The quantitative estimate of drug-likeness (QED) is 0.124. The van der Waals surface area contributed by atoms with Crippen molar-refractivity contribution in [3.8, 4) is 22.5 Å². The highest BCUT2D eigenvalue weighted by Crippen LogP contribution is 2.40. The van der Waals surface area contributed by atoms with Gasteiger partial charge in [0.1, 0.15) is 0 Å². The summed E-state index contributed by atoms with van der Waals surface area (Å²) in [6.45, 7) is 8.58. The van der Waals surface area contributed by atoms with Crippen LogP contribution in [0.5, 0.6) is 0 Å². The van der Waals surface area contributed by atoms with Gasteiger partial charge in [0.2, 0.25) is 0 Å². The van der Waals surface area contributed by atoms with E-state index in [-0.39, 0.29) is 0 Å². The monoisotopic (exact) mass is 818 g/mol. The fourth-order valence-electron chi connectivity index (χ4n) is 6.85. The van der Waals surface area contributed by atoms with Crippen LogP contribution in [-0.2, 0) is 0 Å². The second-order valence-corrected chi connectivity index (χ2v) is 17.3. The third-order valence-electron chi connectivity index (χ3n) is 10.1. The van der Waals surface area contributed by atoms with Crippen LogP contribution in [0.2, 0.25) is 0 Å². The van der Waals surface area contributed by atoms with Gasteiger partial charge in [-0.2, -0.15) is 0 Å². The van der Waals surface area contributed by atoms with E-state index in [1.165, 1.54) is 0 Å². The summed E-state index contributed by atoms with van der Waals surface area (Å²) in [5.41, 5.74) is 10.7. The van der Waals surface area contributed by atoms with E-state index in [0.717, 1.165) is 98.3 Å². The van der Waals surface area contributed by atoms with E-state index in [9.17, 15) is 0 Å². The van der Waals surface area contributed by atoms with Gasteiger partial charge in [-0.3, -0.25) is 9.97 Å². The fourth-order valence-corrected chi connectivity index (χ4v) is 8.65. The molecule has 10 heteroatoms. The van der Waals surface area contributed by atoms with Gasteiger partial charge >= 0.3 is 0 Å². The summed E-state index contributed by atoms with van der Waals surface area (Å²) in [5, 5.41) is 9.39. The summed E-state index contributed by atoms with van der Waals surface area (Å²) < 4.78 is 0. The van der Waals surface area contributed by atoms with Gasteiger partial charge < -0.3 is 10.6 Å². The van der Waals surface area contributed by atoms with E-state index < -0.39 is 0 Å². The molecule has 0 atom stereocenters. The van der Waals surface area contributed by atoms with E-state index in [1.807, 2.05) is 49.1 Å². The number of pyridine rings is 4. The lowest BCUT2D eigenvalue weighted by molar-refractivity contribution is 0.828. The van der Waals surface area contributed by atoms with Gasteiger partial charge in [0.25, 0.3) is 0 Å². The third kappa shape index (κ3) is 8.57. The molecule has 0 aliphatic rings. The predicted octanol–water partition coefficient (Wildman–Crippen LogP) is 13.7. The summed E-state index contributed by atoms with van der Waals surface area (Å²) >= 11 is 3.42. The van der Waals surface area contributed by atoms with Crippen LogP contribution in [0, 0.1) is 0 Å². The van der Waals surface area contributed by atoms with Gasteiger partial charge in [0.05, 0.1) is 46.5 Å². The van der Waals surface area contributed by atoms with Crippen LogP contribution in [0.1, 0.15) is 50.9 Å². The Morgan fingerprint density at radius 3 is 1.27 bits per heavy atom. The van der Waals surface area contributed by atoms with Crippen molar-refractivity contribution < 1.29 is 0 Å². The molecule has 0 amide bonds. The van der Waals surface area contributed by atoms with Gasteiger partial charge in [-0.15, -0.1) is 0 Å². The molecule has 0 saturated heterocycles. The molecule has 0 spiro atoms. The minimum Gasteiger partial charge on any atom is -0.354 e. The van der Waals surface area contributed by atoms with Gasteiger partial charge in [0, 0.05) is 65.3 Å². The first-order valence-corrected chi connectivity index (χ1v) is 21.6. The molecule has 0 unspecified atom stereocenters. The highest BCUT2D eigenvalue weighted by atomic mass is 32.2. The van der Waals surface area contributed by atoms with Crippen LogP contribution >= 0.6 is 23.5 Å². The number of anilines is 4.